The van der Waals surface area contributed by atoms with Crippen LogP contribution in [0.25, 0.3) is 0 Å². The second-order valence-corrected chi connectivity index (χ2v) is 4.57. The summed E-state index contributed by atoms with van der Waals surface area (Å²) in [6, 6.07) is 0. The summed E-state index contributed by atoms with van der Waals surface area (Å²) in [6.45, 7) is 6.93. The van der Waals surface area contributed by atoms with E-state index >= 15 is 0 Å². The molecule has 0 spiro atoms. The fourth-order valence-electron chi connectivity index (χ4n) is 1.78. The maximum absolute atomic E-state index is 3.94. The van der Waals surface area contributed by atoms with Crippen molar-refractivity contribution in [1.29, 1.82) is 0 Å². The molecule has 1 nitrogen and oxygen atoms in total. The molecule has 0 N–H and O–H groups in total. The molecule has 88 valence electrons. The van der Waals surface area contributed by atoms with Crippen molar-refractivity contribution in [3.63, 3.8) is 0 Å². The zero-order valence-corrected chi connectivity index (χ0v) is 10.9. The summed E-state index contributed by atoms with van der Waals surface area (Å²) >= 11 is 0. The van der Waals surface area contributed by atoms with Gasteiger partial charge in [-0.3, -0.25) is 4.99 Å². The van der Waals surface area contributed by atoms with Crippen LogP contribution in [0.2, 0.25) is 0 Å². The highest BCUT2D eigenvalue weighted by Crippen LogP contribution is 2.22. The molecule has 0 aliphatic heterocycles. The Bertz CT molecular complexity index is 180. The quantitative estimate of drug-likeness (QED) is 0.413. The van der Waals surface area contributed by atoms with E-state index in [1.165, 1.54) is 32.1 Å². The van der Waals surface area contributed by atoms with E-state index in [-0.39, 0.29) is 0 Å². The third-order valence-electron chi connectivity index (χ3n) is 2.93. The number of hydrogen-bond acceptors (Lipinski definition) is 1. The van der Waals surface area contributed by atoms with E-state index in [1.807, 2.05) is 13.3 Å². The first-order chi connectivity index (χ1) is 7.22. The predicted molar refractivity (Wildman–Crippen MR) is 70.6 cm³/mol. The summed E-state index contributed by atoms with van der Waals surface area (Å²) in [7, 11) is 1.81. The van der Waals surface area contributed by atoms with Gasteiger partial charge in [0.05, 0.1) is 0 Å². The standard InChI is InChI=1S/C14H27N/c1-5-6-7-10-14(13(2)3)11-8-9-12-15-4/h8-9,12-14H,5-7,10-11H2,1-4H3/b9-8+,15-12-. The minimum Gasteiger partial charge on any atom is -0.297 e. The third kappa shape index (κ3) is 8.41. The summed E-state index contributed by atoms with van der Waals surface area (Å²) in [6.07, 6.45) is 12.8. The maximum Gasteiger partial charge on any atom is 0.0277 e. The van der Waals surface area contributed by atoms with Gasteiger partial charge >= 0.3 is 0 Å². The van der Waals surface area contributed by atoms with Crippen LogP contribution in [0.15, 0.2) is 17.1 Å². The first-order valence-corrected chi connectivity index (χ1v) is 6.29. The molecule has 1 unspecified atom stereocenters. The lowest BCUT2D eigenvalue weighted by molar-refractivity contribution is 0.350. The van der Waals surface area contributed by atoms with Gasteiger partial charge in [0.25, 0.3) is 0 Å². The molecular weight excluding hydrogens is 182 g/mol. The Kier molecular flexibility index (Phi) is 9.55. The van der Waals surface area contributed by atoms with Crippen molar-refractivity contribution in [2.75, 3.05) is 7.05 Å². The summed E-state index contributed by atoms with van der Waals surface area (Å²) in [5.41, 5.74) is 0. The monoisotopic (exact) mass is 209 g/mol. The van der Waals surface area contributed by atoms with Crippen LogP contribution in [-0.2, 0) is 0 Å². The molecule has 0 aromatic heterocycles. The fourth-order valence-corrected chi connectivity index (χ4v) is 1.78. The van der Waals surface area contributed by atoms with Crippen LogP contribution in [0, 0.1) is 11.8 Å². The number of aliphatic imine (C=N–C) groups is 1. The normalized spacial score (nSPS) is 14.5. The van der Waals surface area contributed by atoms with Crippen molar-refractivity contribution >= 4 is 6.21 Å². The van der Waals surface area contributed by atoms with Gasteiger partial charge in [-0.2, -0.15) is 0 Å². The largest absolute Gasteiger partial charge is 0.297 e. The van der Waals surface area contributed by atoms with Crippen LogP contribution in [0.4, 0.5) is 0 Å². The van der Waals surface area contributed by atoms with Crippen molar-refractivity contribution in [2.45, 2.75) is 52.9 Å². The van der Waals surface area contributed by atoms with Crippen LogP contribution in [0.1, 0.15) is 52.9 Å². The van der Waals surface area contributed by atoms with E-state index in [1.54, 1.807) is 0 Å². The molecule has 0 rings (SSSR count). The lowest BCUT2D eigenvalue weighted by atomic mass is 9.87. The molecule has 1 heteroatoms. The van der Waals surface area contributed by atoms with E-state index < -0.39 is 0 Å². The molecule has 0 bridgehead atoms. The number of hydrogen-bond donors (Lipinski definition) is 0. The zero-order chi connectivity index (χ0) is 11.5. The molecule has 0 fully saturated rings. The summed E-state index contributed by atoms with van der Waals surface area (Å²) in [5.74, 6) is 1.64. The lowest BCUT2D eigenvalue weighted by Gasteiger charge is -2.18. The SMILES string of the molecule is CCCCCC(C/C=C/C=N\C)C(C)C. The highest BCUT2D eigenvalue weighted by Gasteiger charge is 2.10. The van der Waals surface area contributed by atoms with Gasteiger partial charge in [-0.05, 0) is 30.8 Å². The second kappa shape index (κ2) is 9.95. The molecule has 0 saturated carbocycles. The van der Waals surface area contributed by atoms with Gasteiger partial charge < -0.3 is 0 Å². The van der Waals surface area contributed by atoms with Crippen LogP contribution in [0.3, 0.4) is 0 Å². The topological polar surface area (TPSA) is 12.4 Å². The van der Waals surface area contributed by atoms with Crippen LogP contribution in [0.5, 0.6) is 0 Å². The molecule has 0 radical (unpaired) electrons. The average Bonchev–Trinajstić information content (AvgIpc) is 2.21. The Morgan fingerprint density at radius 1 is 1.20 bits per heavy atom. The second-order valence-electron chi connectivity index (χ2n) is 4.57. The molecule has 0 aliphatic carbocycles. The molecule has 0 aliphatic rings. The fraction of sp³-hybridized carbons (Fsp3) is 0.786. The van der Waals surface area contributed by atoms with Crippen molar-refractivity contribution in [3.05, 3.63) is 12.2 Å². The highest BCUT2D eigenvalue weighted by atomic mass is 14.6. The highest BCUT2D eigenvalue weighted by molar-refractivity contribution is 5.70. The smallest absolute Gasteiger partial charge is 0.0277 e. The van der Waals surface area contributed by atoms with Gasteiger partial charge in [-0.15, -0.1) is 0 Å². The van der Waals surface area contributed by atoms with E-state index in [0.29, 0.717) is 0 Å². The Morgan fingerprint density at radius 2 is 1.93 bits per heavy atom. The molecule has 0 aromatic carbocycles. The molecule has 0 saturated heterocycles. The third-order valence-corrected chi connectivity index (χ3v) is 2.93. The van der Waals surface area contributed by atoms with Crippen LogP contribution in [-0.4, -0.2) is 13.3 Å². The van der Waals surface area contributed by atoms with E-state index in [9.17, 15) is 0 Å². The maximum atomic E-state index is 3.94. The van der Waals surface area contributed by atoms with Crippen molar-refractivity contribution in [3.8, 4) is 0 Å². The Balaban J connectivity index is 3.82. The Hall–Kier alpha value is -0.590. The van der Waals surface area contributed by atoms with E-state index in [4.69, 9.17) is 0 Å². The van der Waals surface area contributed by atoms with E-state index in [2.05, 4.69) is 37.9 Å². The van der Waals surface area contributed by atoms with Gasteiger partial charge in [0.15, 0.2) is 0 Å². The first kappa shape index (κ1) is 14.4. The molecule has 0 amide bonds. The van der Waals surface area contributed by atoms with Crippen molar-refractivity contribution in [2.24, 2.45) is 16.8 Å². The average molecular weight is 209 g/mol. The minimum absolute atomic E-state index is 0.796. The Labute approximate surface area is 95.7 Å². The van der Waals surface area contributed by atoms with Gasteiger partial charge in [0, 0.05) is 13.3 Å². The number of nitrogens with zero attached hydrogens (tertiary/aromatic N) is 1. The Morgan fingerprint density at radius 3 is 2.47 bits per heavy atom. The van der Waals surface area contributed by atoms with Crippen molar-refractivity contribution in [1.82, 2.24) is 0 Å². The van der Waals surface area contributed by atoms with Gasteiger partial charge in [0.2, 0.25) is 0 Å². The summed E-state index contributed by atoms with van der Waals surface area (Å²) in [4.78, 5) is 3.94. The summed E-state index contributed by atoms with van der Waals surface area (Å²) < 4.78 is 0. The number of rotatable bonds is 8. The molecular formula is C14H27N. The molecule has 0 aromatic rings. The van der Waals surface area contributed by atoms with Gasteiger partial charge in [-0.25, -0.2) is 0 Å². The first-order valence-electron chi connectivity index (χ1n) is 6.29. The van der Waals surface area contributed by atoms with Crippen LogP contribution < -0.4 is 0 Å². The lowest BCUT2D eigenvalue weighted by Crippen LogP contribution is -2.07. The number of unbranched alkanes of at least 4 members (excludes halogenated alkanes) is 2. The van der Waals surface area contributed by atoms with Crippen LogP contribution >= 0.6 is 0 Å². The molecule has 15 heavy (non-hydrogen) atoms. The predicted octanol–water partition coefficient (Wildman–Crippen LogP) is 4.49. The minimum atomic E-state index is 0.796. The molecule has 1 atom stereocenters. The summed E-state index contributed by atoms with van der Waals surface area (Å²) in [5, 5.41) is 0. The zero-order valence-electron chi connectivity index (χ0n) is 10.9. The van der Waals surface area contributed by atoms with Gasteiger partial charge in [-0.1, -0.05) is 46.1 Å². The van der Waals surface area contributed by atoms with Gasteiger partial charge in [0.1, 0.15) is 0 Å². The van der Waals surface area contributed by atoms with Crippen molar-refractivity contribution < 1.29 is 0 Å². The molecule has 0 heterocycles. The number of allylic oxidation sites excluding steroid dienone is 2. The van der Waals surface area contributed by atoms with E-state index in [0.717, 1.165) is 11.8 Å².